The molecule has 0 amide bonds. The van der Waals surface area contributed by atoms with Crippen LogP contribution in [0.2, 0.25) is 0 Å². The van der Waals surface area contributed by atoms with Crippen molar-refractivity contribution in [3.8, 4) is 0 Å². The predicted molar refractivity (Wildman–Crippen MR) is 59.9 cm³/mol. The van der Waals surface area contributed by atoms with Crippen molar-refractivity contribution in [2.75, 3.05) is 0 Å². The Bertz CT molecular complexity index is 237. The van der Waals surface area contributed by atoms with Gasteiger partial charge >= 0.3 is 0 Å². The zero-order valence-corrected chi connectivity index (χ0v) is 9.95. The van der Waals surface area contributed by atoms with E-state index in [2.05, 4.69) is 12.0 Å². The fourth-order valence-corrected chi connectivity index (χ4v) is 5.02. The lowest BCUT2D eigenvalue weighted by Crippen LogP contribution is -2.01. The fraction of sp³-hybridized carbons (Fsp3) is 0.800. The van der Waals surface area contributed by atoms with Crippen molar-refractivity contribution in [3.05, 3.63) is 11.0 Å². The first-order chi connectivity index (χ1) is 6.38. The second-order valence-electron chi connectivity index (χ2n) is 3.95. The molecule has 2 aliphatic rings. The molecule has 1 aliphatic heterocycles. The van der Waals surface area contributed by atoms with E-state index in [1.807, 2.05) is 0 Å². The van der Waals surface area contributed by atoms with Crippen molar-refractivity contribution in [2.45, 2.75) is 45.4 Å². The molecule has 0 aromatic heterocycles. The lowest BCUT2D eigenvalue weighted by atomic mass is 9.99. The first-order valence-electron chi connectivity index (χ1n) is 5.20. The highest BCUT2D eigenvalue weighted by Gasteiger charge is 2.20. The summed E-state index contributed by atoms with van der Waals surface area (Å²) in [5.41, 5.74) is 1.34. The summed E-state index contributed by atoms with van der Waals surface area (Å²) in [5.74, 6) is 0.878. The summed E-state index contributed by atoms with van der Waals surface area (Å²) < 4.78 is 0. The van der Waals surface area contributed by atoms with E-state index in [4.69, 9.17) is 0 Å². The number of rotatable bonds is 1. The molecule has 2 rings (SSSR count). The highest BCUT2D eigenvalue weighted by atomic mass is 31.7. The van der Waals surface area contributed by atoms with Crippen LogP contribution >= 0.6 is 15.9 Å². The molecule has 0 aromatic carbocycles. The minimum atomic E-state index is 0.878. The van der Waals surface area contributed by atoms with Gasteiger partial charge in [-0.1, -0.05) is 25.7 Å². The third-order valence-electron chi connectivity index (χ3n) is 2.96. The van der Waals surface area contributed by atoms with Crippen LogP contribution in [0.1, 0.15) is 45.4 Å². The summed E-state index contributed by atoms with van der Waals surface area (Å²) in [6.45, 7) is 2.19. The van der Waals surface area contributed by atoms with Crippen molar-refractivity contribution in [3.63, 3.8) is 0 Å². The van der Waals surface area contributed by atoms with Gasteiger partial charge in [0.05, 0.1) is 13.7 Å². The third kappa shape index (κ3) is 2.33. The van der Waals surface area contributed by atoms with Gasteiger partial charge in [0.1, 0.15) is 0 Å². The molecule has 1 aliphatic carbocycles. The highest BCUT2D eigenvalue weighted by Crippen LogP contribution is 2.43. The SMILES string of the molecule is CC1=C(C2CCCCCC2)P=P[N]1. The summed E-state index contributed by atoms with van der Waals surface area (Å²) in [6.07, 6.45) is 8.63. The van der Waals surface area contributed by atoms with Crippen LogP contribution in [0.25, 0.3) is 0 Å². The van der Waals surface area contributed by atoms with E-state index in [-0.39, 0.29) is 0 Å². The van der Waals surface area contributed by atoms with Crippen LogP contribution in [-0.2, 0) is 0 Å². The number of allylic oxidation sites excluding steroid dienone is 2. The van der Waals surface area contributed by atoms with Gasteiger partial charge in [-0.2, -0.15) is 0 Å². The fourth-order valence-electron chi connectivity index (χ4n) is 2.19. The van der Waals surface area contributed by atoms with E-state index in [0.29, 0.717) is 0 Å². The van der Waals surface area contributed by atoms with Crippen molar-refractivity contribution in [1.82, 2.24) is 5.09 Å². The zero-order chi connectivity index (χ0) is 9.10. The Morgan fingerprint density at radius 3 is 2.38 bits per heavy atom. The molecule has 0 unspecified atom stereocenters. The molecule has 0 bridgehead atoms. The molecule has 13 heavy (non-hydrogen) atoms. The Balaban J connectivity index is 2.05. The molecular formula is C10H16NP2. The number of nitrogens with zero attached hydrogens (tertiary/aromatic N) is 1. The first-order valence-corrected chi connectivity index (χ1v) is 7.65. The standard InChI is InChI=1S/C10H16NP2/c1-8-10(12-13-11-8)9-6-4-2-3-5-7-9/h9H,2-7H2,1H3. The van der Waals surface area contributed by atoms with Gasteiger partial charge in [0, 0.05) is 5.31 Å². The molecule has 1 nitrogen and oxygen atoms in total. The minimum absolute atomic E-state index is 0.878. The zero-order valence-electron chi connectivity index (χ0n) is 8.16. The Morgan fingerprint density at radius 1 is 1.15 bits per heavy atom. The molecule has 0 atom stereocenters. The molecule has 1 radical (unpaired) electrons. The van der Waals surface area contributed by atoms with Crippen LogP contribution in [0.15, 0.2) is 11.0 Å². The summed E-state index contributed by atoms with van der Waals surface area (Å²) in [4.78, 5) is 0. The molecule has 0 spiro atoms. The summed E-state index contributed by atoms with van der Waals surface area (Å²) in [7, 11) is 2.74. The lowest BCUT2D eigenvalue weighted by molar-refractivity contribution is 0.547. The Morgan fingerprint density at radius 2 is 1.85 bits per heavy atom. The van der Waals surface area contributed by atoms with Gasteiger partial charge in [-0.15, -0.1) is 0 Å². The van der Waals surface area contributed by atoms with E-state index in [0.717, 1.165) is 5.92 Å². The quantitative estimate of drug-likeness (QED) is 0.448. The van der Waals surface area contributed by atoms with Crippen LogP contribution in [0.3, 0.4) is 0 Å². The van der Waals surface area contributed by atoms with Crippen molar-refractivity contribution in [1.29, 1.82) is 0 Å². The summed E-state index contributed by atoms with van der Waals surface area (Å²) in [5, 5.41) is 6.12. The minimum Gasteiger partial charge on any atom is -0.227 e. The molecule has 1 heterocycles. The Labute approximate surface area is 83.8 Å². The van der Waals surface area contributed by atoms with Gasteiger partial charge in [-0.3, -0.25) is 0 Å². The Kier molecular flexibility index (Phi) is 3.41. The average molecular weight is 212 g/mol. The molecule has 0 N–H and O–H groups in total. The van der Waals surface area contributed by atoms with Crippen molar-refractivity contribution < 1.29 is 0 Å². The summed E-state index contributed by atoms with van der Waals surface area (Å²) >= 11 is 0. The van der Waals surface area contributed by atoms with Gasteiger partial charge in [-0.25, -0.2) is 5.09 Å². The Hall–Kier alpha value is 0.140. The maximum absolute atomic E-state index is 4.46. The maximum Gasteiger partial charge on any atom is 0.0699 e. The second-order valence-corrected chi connectivity index (χ2v) is 6.15. The highest BCUT2D eigenvalue weighted by molar-refractivity contribution is 7.85. The van der Waals surface area contributed by atoms with E-state index in [9.17, 15) is 0 Å². The van der Waals surface area contributed by atoms with Crippen LogP contribution in [0.5, 0.6) is 0 Å². The van der Waals surface area contributed by atoms with Gasteiger partial charge in [-0.05, 0) is 33.6 Å². The predicted octanol–water partition coefficient (Wildman–Crippen LogP) is 4.53. The lowest BCUT2D eigenvalue weighted by Gasteiger charge is -2.13. The van der Waals surface area contributed by atoms with E-state index >= 15 is 0 Å². The van der Waals surface area contributed by atoms with Crippen LogP contribution < -0.4 is 5.09 Å². The van der Waals surface area contributed by atoms with Gasteiger partial charge in [0.25, 0.3) is 0 Å². The van der Waals surface area contributed by atoms with Gasteiger partial charge < -0.3 is 0 Å². The molecule has 1 saturated carbocycles. The van der Waals surface area contributed by atoms with Crippen LogP contribution in [0.4, 0.5) is 0 Å². The molecule has 3 heteroatoms. The van der Waals surface area contributed by atoms with Gasteiger partial charge in [0.15, 0.2) is 0 Å². The normalized spacial score (nSPS) is 27.2. The van der Waals surface area contributed by atoms with E-state index < -0.39 is 0 Å². The largest absolute Gasteiger partial charge is 0.227 e. The molecule has 0 aromatic rings. The first kappa shape index (κ1) is 9.69. The van der Waals surface area contributed by atoms with Gasteiger partial charge in [0.2, 0.25) is 0 Å². The number of hydrogen-bond acceptors (Lipinski definition) is 0. The number of hydrogen-bond donors (Lipinski definition) is 0. The second kappa shape index (κ2) is 4.58. The maximum atomic E-state index is 4.46. The molecule has 0 saturated heterocycles. The van der Waals surface area contributed by atoms with Crippen molar-refractivity contribution >= 4 is 15.9 Å². The molecule has 1 fully saturated rings. The third-order valence-corrected chi connectivity index (χ3v) is 5.53. The molecular weight excluding hydrogens is 196 g/mol. The topological polar surface area (TPSA) is 14.1 Å². The summed E-state index contributed by atoms with van der Waals surface area (Å²) in [6, 6.07) is 0. The van der Waals surface area contributed by atoms with E-state index in [1.165, 1.54) is 60.1 Å². The van der Waals surface area contributed by atoms with Crippen LogP contribution in [-0.4, -0.2) is 0 Å². The monoisotopic (exact) mass is 212 g/mol. The molecule has 71 valence electrons. The van der Waals surface area contributed by atoms with Crippen molar-refractivity contribution in [2.24, 2.45) is 5.92 Å². The average Bonchev–Trinajstić information content (AvgIpc) is 2.43. The van der Waals surface area contributed by atoms with E-state index in [1.54, 1.807) is 5.31 Å². The van der Waals surface area contributed by atoms with Crippen LogP contribution in [0, 0.1) is 5.92 Å². The smallest absolute Gasteiger partial charge is 0.0699 e.